The highest BCUT2D eigenvalue weighted by Crippen LogP contribution is 2.40. The molecule has 0 aromatic carbocycles. The first kappa shape index (κ1) is 22.2. The van der Waals surface area contributed by atoms with Crippen LogP contribution in [0.2, 0.25) is 0 Å². The van der Waals surface area contributed by atoms with Crippen molar-refractivity contribution in [2.45, 2.75) is 76.7 Å². The third-order valence-corrected chi connectivity index (χ3v) is 7.76. The summed E-state index contributed by atoms with van der Waals surface area (Å²) in [6.07, 6.45) is 8.06. The van der Waals surface area contributed by atoms with Gasteiger partial charge in [-0.25, -0.2) is 8.42 Å². The number of aliphatic hydroxyl groups is 1. The van der Waals surface area contributed by atoms with Crippen molar-refractivity contribution < 1.29 is 18.3 Å². The van der Waals surface area contributed by atoms with E-state index in [0.717, 1.165) is 31.3 Å². The summed E-state index contributed by atoms with van der Waals surface area (Å²) in [7, 11) is -3.99. The maximum atomic E-state index is 13.2. The Morgan fingerprint density at radius 1 is 1.33 bits per heavy atom. The average molecular weight is 400 g/mol. The number of allylic oxidation sites excluding steroid dienone is 3. The highest BCUT2D eigenvalue weighted by Gasteiger charge is 2.51. The van der Waals surface area contributed by atoms with E-state index >= 15 is 0 Å². The van der Waals surface area contributed by atoms with E-state index in [1.807, 2.05) is 4.83 Å². The Balaban J connectivity index is 2.28. The maximum Gasteiger partial charge on any atom is 0.232 e. The van der Waals surface area contributed by atoms with Crippen LogP contribution in [0.1, 0.15) is 59.3 Å². The number of carbonyl (C=O) groups is 1. The van der Waals surface area contributed by atoms with Crippen molar-refractivity contribution >= 4 is 15.8 Å². The number of carbonyl (C=O) groups excluding carboxylic acids is 1. The molecule has 0 bridgehead atoms. The molecule has 0 aromatic heterocycles. The van der Waals surface area contributed by atoms with Gasteiger partial charge in [-0.1, -0.05) is 55.4 Å². The van der Waals surface area contributed by atoms with Gasteiger partial charge in [0.15, 0.2) is 5.78 Å². The number of hydrogen-bond acceptors (Lipinski definition) is 6. The topological polar surface area (TPSA) is 136 Å². The molecule has 2 aliphatic rings. The fourth-order valence-electron chi connectivity index (χ4n) is 4.78. The molecule has 154 valence electrons. The molecule has 0 saturated heterocycles. The summed E-state index contributed by atoms with van der Waals surface area (Å²) in [5.74, 6) is 5.05. The molecule has 1 fully saturated rings. The Labute approximate surface area is 162 Å². The van der Waals surface area contributed by atoms with Crippen LogP contribution in [0.4, 0.5) is 0 Å². The lowest BCUT2D eigenvalue weighted by Crippen LogP contribution is -2.56. The first-order chi connectivity index (χ1) is 12.5. The minimum atomic E-state index is -3.99. The van der Waals surface area contributed by atoms with Gasteiger partial charge in [-0.3, -0.25) is 10.6 Å². The molecule has 0 heterocycles. The van der Waals surface area contributed by atoms with E-state index < -0.39 is 38.6 Å². The second kappa shape index (κ2) is 8.53. The van der Waals surface area contributed by atoms with Gasteiger partial charge in [0, 0.05) is 6.04 Å². The summed E-state index contributed by atoms with van der Waals surface area (Å²) in [6.45, 7) is 4.98. The van der Waals surface area contributed by atoms with Crippen LogP contribution in [0, 0.1) is 11.3 Å². The Morgan fingerprint density at radius 3 is 2.48 bits per heavy atom. The second-order valence-corrected chi connectivity index (χ2v) is 10.1. The van der Waals surface area contributed by atoms with Crippen molar-refractivity contribution in [1.82, 2.24) is 4.83 Å². The number of nitrogens with one attached hydrogen (secondary N) is 1. The largest absolute Gasteiger partial charge is 0.384 e. The molecule has 27 heavy (non-hydrogen) atoms. The molecular weight excluding hydrogens is 366 g/mol. The third kappa shape index (κ3) is 4.68. The van der Waals surface area contributed by atoms with Crippen molar-refractivity contribution in [3.8, 4) is 0 Å². The third-order valence-electron chi connectivity index (χ3n) is 5.95. The zero-order valence-electron chi connectivity index (χ0n) is 16.4. The molecular formula is C19H33N3O4S. The number of nitrogens with two attached hydrogens (primary N) is 2. The Kier molecular flexibility index (Phi) is 7.02. The van der Waals surface area contributed by atoms with Gasteiger partial charge in [0.2, 0.25) is 10.0 Å². The van der Waals surface area contributed by atoms with Gasteiger partial charge >= 0.3 is 0 Å². The Hall–Kier alpha value is -1.06. The van der Waals surface area contributed by atoms with E-state index in [2.05, 4.69) is 0 Å². The Bertz CT molecular complexity index is 725. The molecule has 2 aliphatic carbocycles. The monoisotopic (exact) mass is 399 g/mol. The molecule has 7 nitrogen and oxygen atoms in total. The lowest BCUT2D eigenvalue weighted by molar-refractivity contribution is -0.135. The highest BCUT2D eigenvalue weighted by molar-refractivity contribution is 7.90. The summed E-state index contributed by atoms with van der Waals surface area (Å²) in [6, 6.07) is -0.716. The van der Waals surface area contributed by atoms with Gasteiger partial charge in [-0.2, -0.15) is 4.83 Å². The van der Waals surface area contributed by atoms with E-state index in [0.29, 0.717) is 17.9 Å². The van der Waals surface area contributed by atoms with Crippen LogP contribution in [0.3, 0.4) is 0 Å². The summed E-state index contributed by atoms with van der Waals surface area (Å²) < 4.78 is 25.1. The first-order valence-corrected chi connectivity index (χ1v) is 11.1. The van der Waals surface area contributed by atoms with Crippen LogP contribution >= 0.6 is 0 Å². The minimum Gasteiger partial charge on any atom is -0.384 e. The molecule has 4 atom stereocenters. The number of aliphatic hydroxyl groups excluding tert-OH is 1. The van der Waals surface area contributed by atoms with Crippen molar-refractivity contribution in [2.24, 2.45) is 22.9 Å². The number of rotatable bonds is 7. The van der Waals surface area contributed by atoms with E-state index in [1.54, 1.807) is 26.0 Å². The number of Topliss-reactive ketones (excluding diaryl/α,β-unsaturated/α-hetero) is 1. The van der Waals surface area contributed by atoms with Crippen molar-refractivity contribution in [2.75, 3.05) is 0 Å². The zero-order valence-corrected chi connectivity index (χ0v) is 17.3. The molecule has 6 N–H and O–H groups in total. The molecule has 0 aromatic rings. The van der Waals surface area contributed by atoms with Gasteiger partial charge in [0.05, 0.1) is 5.41 Å². The lowest BCUT2D eigenvalue weighted by atomic mass is 9.71. The number of ketones is 1. The smallest absolute Gasteiger partial charge is 0.232 e. The predicted octanol–water partition coefficient (Wildman–Crippen LogP) is 1.29. The Morgan fingerprint density at radius 2 is 1.93 bits per heavy atom. The fourth-order valence-corrected chi connectivity index (χ4v) is 6.31. The maximum absolute atomic E-state index is 13.2. The molecule has 0 aliphatic heterocycles. The van der Waals surface area contributed by atoms with Crippen molar-refractivity contribution in [3.63, 3.8) is 0 Å². The molecule has 0 spiro atoms. The predicted molar refractivity (Wildman–Crippen MR) is 106 cm³/mol. The van der Waals surface area contributed by atoms with Crippen LogP contribution in [-0.2, 0) is 14.8 Å². The van der Waals surface area contributed by atoms with Crippen LogP contribution in [0.15, 0.2) is 23.3 Å². The standard InChI is InChI=1S/C19H33N3O4S/c1-12-9-13(2)18(27(25,26)22-21)19(3,11-12)17(24)16(23)15(20)10-14-7-5-4-6-8-14/h9,11,14-16,18,22-23H,4-8,10,20-21H2,1-3H3/t15-,16?,18?,19?/m1/s1. The molecule has 3 unspecified atom stereocenters. The molecule has 0 amide bonds. The molecule has 8 heteroatoms. The summed E-state index contributed by atoms with van der Waals surface area (Å²) in [5, 5.41) is 9.50. The van der Waals surface area contributed by atoms with E-state index in [4.69, 9.17) is 11.6 Å². The van der Waals surface area contributed by atoms with Crippen LogP contribution in [-0.4, -0.2) is 36.7 Å². The normalized spacial score (nSPS) is 29.6. The van der Waals surface area contributed by atoms with Gasteiger partial charge in [0.1, 0.15) is 11.4 Å². The highest BCUT2D eigenvalue weighted by atomic mass is 32.2. The van der Waals surface area contributed by atoms with E-state index in [9.17, 15) is 18.3 Å². The number of hydrazine groups is 1. The van der Waals surface area contributed by atoms with Gasteiger partial charge in [0.25, 0.3) is 0 Å². The second-order valence-electron chi connectivity index (χ2n) is 8.31. The van der Waals surface area contributed by atoms with Gasteiger partial charge < -0.3 is 10.8 Å². The summed E-state index contributed by atoms with van der Waals surface area (Å²) in [4.78, 5) is 15.1. The zero-order chi connectivity index (χ0) is 20.4. The fraction of sp³-hybridized carbons (Fsp3) is 0.737. The van der Waals surface area contributed by atoms with Gasteiger partial charge in [-0.15, -0.1) is 0 Å². The molecule has 2 rings (SSSR count). The van der Waals surface area contributed by atoms with E-state index in [1.165, 1.54) is 13.3 Å². The minimum absolute atomic E-state index is 0.402. The SMILES string of the molecule is CC1=CC(C)(C(=O)C(O)[C@H](N)CC2CCCCC2)C(S(=O)(=O)NN)C(C)=C1. The van der Waals surface area contributed by atoms with E-state index in [-0.39, 0.29) is 0 Å². The first-order valence-electron chi connectivity index (χ1n) is 9.59. The van der Waals surface area contributed by atoms with Crippen LogP contribution < -0.4 is 16.4 Å². The lowest BCUT2D eigenvalue weighted by Gasteiger charge is -2.39. The van der Waals surface area contributed by atoms with Gasteiger partial charge in [-0.05, 0) is 33.1 Å². The summed E-state index contributed by atoms with van der Waals surface area (Å²) in [5.41, 5.74) is 5.99. The molecule has 0 radical (unpaired) electrons. The number of sulfonamides is 1. The van der Waals surface area contributed by atoms with Crippen LogP contribution in [0.25, 0.3) is 0 Å². The number of hydrogen-bond donors (Lipinski definition) is 4. The van der Waals surface area contributed by atoms with Crippen molar-refractivity contribution in [3.05, 3.63) is 23.3 Å². The molecule has 1 saturated carbocycles. The average Bonchev–Trinajstić information content (AvgIpc) is 2.60. The quantitative estimate of drug-likeness (QED) is 0.376. The van der Waals surface area contributed by atoms with Crippen LogP contribution in [0.5, 0.6) is 0 Å². The summed E-state index contributed by atoms with van der Waals surface area (Å²) >= 11 is 0. The van der Waals surface area contributed by atoms with Crippen molar-refractivity contribution in [1.29, 1.82) is 0 Å².